The number of aromatic nitrogens is 1. The van der Waals surface area contributed by atoms with Gasteiger partial charge in [0.2, 0.25) is 0 Å². The Kier molecular flexibility index (Phi) is 5.16. The maximum Gasteiger partial charge on any atom is 0.293 e. The standard InChI is InChI=1S/C19H22N4O3/c1-14(2)20-18-7-3-4-12-22(18)19(24)15-8-9-16(17(13-15)23(25)26)21-10-5-6-11-21/h3-4,7-9,12-14H,5-6,10-11H2,1-2H3. The van der Waals surface area contributed by atoms with Crippen molar-refractivity contribution in [2.45, 2.75) is 32.7 Å². The van der Waals surface area contributed by atoms with Gasteiger partial charge in [0.25, 0.3) is 11.6 Å². The number of hydrogen-bond donors (Lipinski definition) is 0. The van der Waals surface area contributed by atoms with E-state index in [2.05, 4.69) is 4.99 Å². The van der Waals surface area contributed by atoms with Crippen LogP contribution in [0.5, 0.6) is 0 Å². The predicted octanol–water partition coefficient (Wildman–Crippen LogP) is 2.99. The molecule has 2 heterocycles. The van der Waals surface area contributed by atoms with Crippen LogP contribution in [0.15, 0.2) is 47.6 Å². The third-order valence-corrected chi connectivity index (χ3v) is 4.31. The van der Waals surface area contributed by atoms with Gasteiger partial charge < -0.3 is 4.90 Å². The highest BCUT2D eigenvalue weighted by Crippen LogP contribution is 2.31. The van der Waals surface area contributed by atoms with Gasteiger partial charge in [-0.15, -0.1) is 0 Å². The van der Waals surface area contributed by atoms with Crippen molar-refractivity contribution in [3.8, 4) is 0 Å². The Balaban J connectivity index is 2.04. The van der Waals surface area contributed by atoms with Gasteiger partial charge in [-0.2, -0.15) is 0 Å². The highest BCUT2D eigenvalue weighted by Gasteiger charge is 2.24. The zero-order valence-corrected chi connectivity index (χ0v) is 15.0. The van der Waals surface area contributed by atoms with Crippen LogP contribution in [-0.2, 0) is 0 Å². The minimum absolute atomic E-state index is 0.0309. The number of carbonyl (C=O) groups is 1. The summed E-state index contributed by atoms with van der Waals surface area (Å²) in [4.78, 5) is 30.5. The molecule has 0 spiro atoms. The number of hydrogen-bond acceptors (Lipinski definition) is 5. The molecule has 0 aliphatic carbocycles. The molecule has 136 valence electrons. The molecule has 0 atom stereocenters. The molecular formula is C19H22N4O3. The number of nitrogens with zero attached hydrogens (tertiary/aromatic N) is 4. The molecular weight excluding hydrogens is 332 g/mol. The molecule has 0 bridgehead atoms. The van der Waals surface area contributed by atoms with Gasteiger partial charge in [0.1, 0.15) is 11.2 Å². The second-order valence-electron chi connectivity index (χ2n) is 6.61. The lowest BCUT2D eigenvalue weighted by Gasteiger charge is -2.18. The molecule has 1 saturated heterocycles. The number of pyridine rings is 1. The summed E-state index contributed by atoms with van der Waals surface area (Å²) in [6, 6.07) is 10.0. The summed E-state index contributed by atoms with van der Waals surface area (Å²) in [7, 11) is 0. The molecule has 1 fully saturated rings. The fraction of sp³-hybridized carbons (Fsp3) is 0.368. The highest BCUT2D eigenvalue weighted by molar-refractivity contribution is 5.97. The number of nitro groups is 1. The minimum atomic E-state index is -0.417. The largest absolute Gasteiger partial charge is 0.366 e. The quantitative estimate of drug-likeness (QED) is 0.624. The first kappa shape index (κ1) is 17.8. The van der Waals surface area contributed by atoms with E-state index in [1.54, 1.807) is 30.5 Å². The van der Waals surface area contributed by atoms with Crippen LogP contribution >= 0.6 is 0 Å². The van der Waals surface area contributed by atoms with E-state index in [1.807, 2.05) is 24.8 Å². The van der Waals surface area contributed by atoms with Crippen LogP contribution in [0.2, 0.25) is 0 Å². The summed E-state index contributed by atoms with van der Waals surface area (Å²) in [5, 5.41) is 11.5. The summed E-state index contributed by atoms with van der Waals surface area (Å²) >= 11 is 0. The maximum absolute atomic E-state index is 12.9. The van der Waals surface area contributed by atoms with Gasteiger partial charge in [-0.3, -0.25) is 24.5 Å². The van der Waals surface area contributed by atoms with E-state index >= 15 is 0 Å². The molecule has 2 aromatic rings. The van der Waals surface area contributed by atoms with E-state index < -0.39 is 4.92 Å². The van der Waals surface area contributed by atoms with E-state index in [4.69, 9.17) is 0 Å². The van der Waals surface area contributed by atoms with Gasteiger partial charge in [0.15, 0.2) is 0 Å². The van der Waals surface area contributed by atoms with Crippen LogP contribution < -0.4 is 10.4 Å². The Morgan fingerprint density at radius 3 is 2.58 bits per heavy atom. The van der Waals surface area contributed by atoms with Gasteiger partial charge >= 0.3 is 0 Å². The molecule has 7 heteroatoms. The number of benzene rings is 1. The van der Waals surface area contributed by atoms with E-state index in [9.17, 15) is 14.9 Å². The Morgan fingerprint density at radius 1 is 1.19 bits per heavy atom. The van der Waals surface area contributed by atoms with Crippen molar-refractivity contribution >= 4 is 17.3 Å². The summed E-state index contributed by atoms with van der Waals surface area (Å²) in [6.45, 7) is 5.47. The fourth-order valence-electron chi connectivity index (χ4n) is 3.14. The lowest BCUT2D eigenvalue weighted by Crippen LogP contribution is -2.28. The fourth-order valence-corrected chi connectivity index (χ4v) is 3.14. The highest BCUT2D eigenvalue weighted by atomic mass is 16.6. The Hall–Kier alpha value is -2.96. The van der Waals surface area contributed by atoms with Gasteiger partial charge in [-0.05, 0) is 51.0 Å². The van der Waals surface area contributed by atoms with Crippen molar-refractivity contribution in [1.82, 2.24) is 4.57 Å². The number of carbonyl (C=O) groups excluding carboxylic acids is 1. The van der Waals surface area contributed by atoms with Gasteiger partial charge in [0.05, 0.1) is 4.92 Å². The first-order chi connectivity index (χ1) is 12.5. The molecule has 0 unspecified atom stereocenters. The second kappa shape index (κ2) is 7.51. The van der Waals surface area contributed by atoms with Gasteiger partial charge in [0, 0.05) is 37.0 Å². The SMILES string of the molecule is CC(C)N=c1ccccn1C(=O)c1ccc(N2CCCC2)c([N+](=O)[O-])c1. The molecule has 1 aromatic heterocycles. The van der Waals surface area contributed by atoms with Crippen molar-refractivity contribution in [1.29, 1.82) is 0 Å². The lowest BCUT2D eigenvalue weighted by molar-refractivity contribution is -0.384. The normalized spacial score (nSPS) is 14.9. The second-order valence-corrected chi connectivity index (χ2v) is 6.61. The number of anilines is 1. The molecule has 1 aromatic carbocycles. The molecule has 0 N–H and O–H groups in total. The summed E-state index contributed by atoms with van der Waals surface area (Å²) < 4.78 is 1.43. The Morgan fingerprint density at radius 2 is 1.92 bits per heavy atom. The van der Waals surface area contributed by atoms with Crippen LogP contribution in [0.3, 0.4) is 0 Å². The third-order valence-electron chi connectivity index (χ3n) is 4.31. The van der Waals surface area contributed by atoms with Crippen molar-refractivity contribution in [3.63, 3.8) is 0 Å². The summed E-state index contributed by atoms with van der Waals surface area (Å²) in [6.07, 6.45) is 3.68. The number of nitro benzene ring substituents is 1. The average Bonchev–Trinajstić information content (AvgIpc) is 3.15. The molecule has 0 saturated carbocycles. The first-order valence-corrected chi connectivity index (χ1v) is 8.77. The molecule has 1 aliphatic heterocycles. The van der Waals surface area contributed by atoms with Crippen LogP contribution in [0.25, 0.3) is 0 Å². The number of rotatable bonds is 4. The average molecular weight is 354 g/mol. The van der Waals surface area contributed by atoms with Gasteiger partial charge in [-0.1, -0.05) is 6.07 Å². The Labute approximate surface area is 151 Å². The van der Waals surface area contributed by atoms with Crippen LogP contribution in [-0.4, -0.2) is 34.5 Å². The van der Waals surface area contributed by atoms with E-state index in [0.717, 1.165) is 25.9 Å². The molecule has 3 rings (SSSR count). The molecule has 0 amide bonds. The third kappa shape index (κ3) is 3.66. The first-order valence-electron chi connectivity index (χ1n) is 8.77. The van der Waals surface area contributed by atoms with E-state index in [-0.39, 0.29) is 23.2 Å². The monoisotopic (exact) mass is 354 g/mol. The van der Waals surface area contributed by atoms with Crippen LogP contribution in [0.4, 0.5) is 11.4 Å². The van der Waals surface area contributed by atoms with Crippen molar-refractivity contribution in [2.75, 3.05) is 18.0 Å². The lowest BCUT2D eigenvalue weighted by atomic mass is 10.1. The summed E-state index contributed by atoms with van der Waals surface area (Å²) in [5.41, 5.74) is 1.35. The van der Waals surface area contributed by atoms with Gasteiger partial charge in [-0.25, -0.2) is 0 Å². The van der Waals surface area contributed by atoms with Crippen LogP contribution in [0, 0.1) is 10.1 Å². The molecule has 0 radical (unpaired) electrons. The van der Waals surface area contributed by atoms with Crippen molar-refractivity contribution < 1.29 is 9.72 Å². The van der Waals surface area contributed by atoms with E-state index in [0.29, 0.717) is 11.2 Å². The molecule has 26 heavy (non-hydrogen) atoms. The summed E-state index contributed by atoms with van der Waals surface area (Å²) in [5.74, 6) is -0.332. The van der Waals surface area contributed by atoms with Crippen molar-refractivity contribution in [2.24, 2.45) is 4.99 Å². The topological polar surface area (TPSA) is 80.7 Å². The van der Waals surface area contributed by atoms with E-state index in [1.165, 1.54) is 10.6 Å². The van der Waals surface area contributed by atoms with Crippen LogP contribution in [0.1, 0.15) is 37.0 Å². The molecule has 1 aliphatic rings. The zero-order chi connectivity index (χ0) is 18.7. The Bertz CT molecular complexity index is 896. The maximum atomic E-state index is 12.9. The zero-order valence-electron chi connectivity index (χ0n) is 15.0. The smallest absolute Gasteiger partial charge is 0.293 e. The minimum Gasteiger partial charge on any atom is -0.366 e. The van der Waals surface area contributed by atoms with Crippen molar-refractivity contribution in [3.05, 3.63) is 63.8 Å². The predicted molar refractivity (Wildman–Crippen MR) is 99.4 cm³/mol. The molecule has 7 nitrogen and oxygen atoms in total.